The van der Waals surface area contributed by atoms with E-state index in [1.54, 1.807) is 12.1 Å². The van der Waals surface area contributed by atoms with Gasteiger partial charge in [0.1, 0.15) is 5.82 Å². The Labute approximate surface area is 115 Å². The van der Waals surface area contributed by atoms with Crippen LogP contribution in [0.3, 0.4) is 0 Å². The number of carbonyl (C=O) groups excluding carboxylic acids is 2. The Kier molecular flexibility index (Phi) is 2.16. The van der Waals surface area contributed by atoms with Crippen LogP contribution in [0.2, 0.25) is 5.02 Å². The first-order chi connectivity index (χ1) is 9.16. The number of hydrogen-bond donors (Lipinski definition) is 0. The van der Waals surface area contributed by atoms with Gasteiger partial charge >= 0.3 is 0 Å². The third kappa shape index (κ3) is 1.38. The topological polar surface area (TPSA) is 50.3 Å². The molecule has 1 aliphatic heterocycles. The highest BCUT2D eigenvalue weighted by Gasteiger charge is 2.59. The zero-order chi connectivity index (χ0) is 13.1. The Morgan fingerprint density at radius 1 is 1.11 bits per heavy atom. The van der Waals surface area contributed by atoms with Gasteiger partial charge in [-0.1, -0.05) is 23.8 Å². The normalized spacial score (nSPS) is 35.3. The number of rotatable bonds is 1. The van der Waals surface area contributed by atoms with Gasteiger partial charge in [0, 0.05) is 6.20 Å². The maximum atomic E-state index is 12.5. The van der Waals surface area contributed by atoms with Gasteiger partial charge in [0.15, 0.2) is 0 Å². The fourth-order valence-electron chi connectivity index (χ4n) is 3.63. The molecule has 4 nitrogen and oxygen atoms in total. The minimum Gasteiger partial charge on any atom is -0.274 e. The third-order valence-corrected chi connectivity index (χ3v) is 4.63. The summed E-state index contributed by atoms with van der Waals surface area (Å²) in [6.07, 6.45) is 6.55. The molecule has 1 aromatic rings. The number of pyridine rings is 1. The molecule has 96 valence electrons. The molecule has 0 aromatic carbocycles. The standard InChI is InChI=1S/C14H11ClN2O2/c15-9-3-4-10(16-6-9)17-13(18)11-7-1-2-8(5-7)12(11)14(17)19/h1-4,6-8,11-12H,5H2/t7-,8-,11-,12+/m0/s1. The highest BCUT2D eigenvalue weighted by Crippen LogP contribution is 2.52. The first-order valence-corrected chi connectivity index (χ1v) is 6.72. The van der Waals surface area contributed by atoms with E-state index in [9.17, 15) is 9.59 Å². The monoisotopic (exact) mass is 274 g/mol. The number of amides is 2. The predicted octanol–water partition coefficient (Wildman–Crippen LogP) is 2.05. The summed E-state index contributed by atoms with van der Waals surface area (Å²) in [5.74, 6) is 0.254. The summed E-state index contributed by atoms with van der Waals surface area (Å²) in [7, 11) is 0. The van der Waals surface area contributed by atoms with Crippen molar-refractivity contribution in [2.24, 2.45) is 23.7 Å². The number of hydrogen-bond acceptors (Lipinski definition) is 3. The number of anilines is 1. The van der Waals surface area contributed by atoms with E-state index in [4.69, 9.17) is 11.6 Å². The number of carbonyl (C=O) groups is 2. The average molecular weight is 275 g/mol. The van der Waals surface area contributed by atoms with Crippen molar-refractivity contribution in [2.45, 2.75) is 6.42 Å². The second kappa shape index (κ2) is 3.67. The lowest BCUT2D eigenvalue weighted by atomic mass is 9.85. The zero-order valence-corrected chi connectivity index (χ0v) is 10.7. The van der Waals surface area contributed by atoms with E-state index >= 15 is 0 Å². The number of imide groups is 1. The van der Waals surface area contributed by atoms with Crippen LogP contribution in [0.5, 0.6) is 0 Å². The van der Waals surface area contributed by atoms with Gasteiger partial charge in [-0.2, -0.15) is 0 Å². The van der Waals surface area contributed by atoms with E-state index in [-0.39, 0.29) is 35.5 Å². The molecular formula is C14H11ClN2O2. The molecule has 2 bridgehead atoms. The van der Waals surface area contributed by atoms with Gasteiger partial charge in [0.25, 0.3) is 0 Å². The SMILES string of the molecule is O=C1[C@@H]2[C@H](C(=O)N1c1ccc(Cl)cn1)[C@H]1C=C[C@H]2C1. The maximum absolute atomic E-state index is 12.5. The Balaban J connectivity index is 1.74. The van der Waals surface area contributed by atoms with Crippen molar-refractivity contribution in [2.75, 3.05) is 4.90 Å². The van der Waals surface area contributed by atoms with Crippen molar-refractivity contribution in [3.05, 3.63) is 35.5 Å². The van der Waals surface area contributed by atoms with Gasteiger partial charge in [-0.25, -0.2) is 9.88 Å². The van der Waals surface area contributed by atoms with Gasteiger partial charge < -0.3 is 0 Å². The third-order valence-electron chi connectivity index (χ3n) is 4.41. The smallest absolute Gasteiger partial charge is 0.239 e. The molecule has 0 spiro atoms. The van der Waals surface area contributed by atoms with E-state index in [1.165, 1.54) is 11.1 Å². The van der Waals surface area contributed by atoms with Gasteiger partial charge in [-0.05, 0) is 30.4 Å². The highest BCUT2D eigenvalue weighted by atomic mass is 35.5. The molecule has 1 saturated carbocycles. The summed E-state index contributed by atoms with van der Waals surface area (Å²) in [5.41, 5.74) is 0. The molecule has 3 aliphatic rings. The number of aromatic nitrogens is 1. The molecule has 5 heteroatoms. The van der Waals surface area contributed by atoms with Crippen molar-refractivity contribution in [3.8, 4) is 0 Å². The summed E-state index contributed by atoms with van der Waals surface area (Å²) < 4.78 is 0. The Morgan fingerprint density at radius 2 is 1.74 bits per heavy atom. The molecule has 4 atom stereocenters. The molecule has 2 amide bonds. The molecule has 0 unspecified atom stereocenters. The zero-order valence-electron chi connectivity index (χ0n) is 9.99. The molecule has 0 N–H and O–H groups in total. The van der Waals surface area contributed by atoms with E-state index in [0.29, 0.717) is 10.8 Å². The van der Waals surface area contributed by atoms with E-state index in [0.717, 1.165) is 6.42 Å². The van der Waals surface area contributed by atoms with Gasteiger partial charge in [0.2, 0.25) is 11.8 Å². The minimum absolute atomic E-state index is 0.110. The van der Waals surface area contributed by atoms with Crippen LogP contribution in [0.1, 0.15) is 6.42 Å². The highest BCUT2D eigenvalue weighted by molar-refractivity contribution is 6.30. The predicted molar refractivity (Wildman–Crippen MR) is 69.5 cm³/mol. The van der Waals surface area contributed by atoms with Crippen LogP contribution < -0.4 is 4.90 Å². The summed E-state index contributed by atoms with van der Waals surface area (Å²) >= 11 is 5.78. The van der Waals surface area contributed by atoms with Crippen molar-refractivity contribution in [1.29, 1.82) is 0 Å². The first kappa shape index (κ1) is 11.2. The van der Waals surface area contributed by atoms with Crippen LogP contribution in [0.25, 0.3) is 0 Å². The molecule has 4 rings (SSSR count). The lowest BCUT2D eigenvalue weighted by Crippen LogP contribution is -2.33. The molecule has 1 aromatic heterocycles. The van der Waals surface area contributed by atoms with Gasteiger partial charge in [0.05, 0.1) is 16.9 Å². The van der Waals surface area contributed by atoms with E-state index < -0.39 is 0 Å². The van der Waals surface area contributed by atoms with Crippen LogP contribution in [0.15, 0.2) is 30.5 Å². The van der Waals surface area contributed by atoms with Crippen LogP contribution >= 0.6 is 11.6 Å². The fraction of sp³-hybridized carbons (Fsp3) is 0.357. The molecule has 19 heavy (non-hydrogen) atoms. The Hall–Kier alpha value is -1.68. The summed E-state index contributed by atoms with van der Waals surface area (Å²) in [5, 5.41) is 0.491. The second-order valence-electron chi connectivity index (χ2n) is 5.35. The van der Waals surface area contributed by atoms with Crippen molar-refractivity contribution < 1.29 is 9.59 Å². The van der Waals surface area contributed by atoms with Crippen LogP contribution in [0.4, 0.5) is 5.82 Å². The minimum atomic E-state index is -0.181. The number of allylic oxidation sites excluding steroid dienone is 2. The fourth-order valence-corrected chi connectivity index (χ4v) is 3.74. The summed E-state index contributed by atoms with van der Waals surface area (Å²) in [4.78, 5) is 30.3. The molecule has 1 saturated heterocycles. The number of fused-ring (bicyclic) bond motifs is 5. The molecule has 0 radical (unpaired) electrons. The lowest BCUT2D eigenvalue weighted by Gasteiger charge is -2.15. The van der Waals surface area contributed by atoms with Crippen molar-refractivity contribution >= 4 is 29.2 Å². The largest absolute Gasteiger partial charge is 0.274 e. The summed E-state index contributed by atoms with van der Waals surface area (Å²) in [6, 6.07) is 3.26. The van der Waals surface area contributed by atoms with Gasteiger partial charge in [-0.3, -0.25) is 9.59 Å². The quantitative estimate of drug-likeness (QED) is 0.582. The molecule has 2 aliphatic carbocycles. The Bertz CT molecular complexity index is 580. The molecular weight excluding hydrogens is 264 g/mol. The molecule has 2 heterocycles. The van der Waals surface area contributed by atoms with Gasteiger partial charge in [-0.15, -0.1) is 0 Å². The number of halogens is 1. The van der Waals surface area contributed by atoms with Crippen LogP contribution in [0, 0.1) is 23.7 Å². The summed E-state index contributed by atoms with van der Waals surface area (Å²) in [6.45, 7) is 0. The van der Waals surface area contributed by atoms with Crippen LogP contribution in [-0.4, -0.2) is 16.8 Å². The Morgan fingerprint density at radius 3 is 2.26 bits per heavy atom. The van der Waals surface area contributed by atoms with Crippen molar-refractivity contribution in [1.82, 2.24) is 4.98 Å². The van der Waals surface area contributed by atoms with Crippen molar-refractivity contribution in [3.63, 3.8) is 0 Å². The van der Waals surface area contributed by atoms with E-state index in [2.05, 4.69) is 17.1 Å². The first-order valence-electron chi connectivity index (χ1n) is 6.34. The number of nitrogens with zero attached hydrogens (tertiary/aromatic N) is 2. The second-order valence-corrected chi connectivity index (χ2v) is 5.78. The average Bonchev–Trinajstić information content (AvgIpc) is 3.06. The maximum Gasteiger partial charge on any atom is 0.239 e. The molecule has 2 fully saturated rings. The van der Waals surface area contributed by atoms with Crippen LogP contribution in [-0.2, 0) is 9.59 Å². The lowest BCUT2D eigenvalue weighted by molar-refractivity contribution is -0.123. The van der Waals surface area contributed by atoms with E-state index in [1.807, 2.05) is 0 Å².